The molecule has 0 aromatic heterocycles. The van der Waals surface area contributed by atoms with Gasteiger partial charge < -0.3 is 10.2 Å². The summed E-state index contributed by atoms with van der Waals surface area (Å²) in [6.07, 6.45) is 0.144. The summed E-state index contributed by atoms with van der Waals surface area (Å²) in [4.78, 5) is 0. The fourth-order valence-electron chi connectivity index (χ4n) is 1.26. The largest absolute Gasteiger partial charge is 0.393 e. The topological polar surface area (TPSA) is 40.5 Å². The van der Waals surface area contributed by atoms with Crippen LogP contribution in [0, 0.1) is 24.7 Å². The zero-order chi connectivity index (χ0) is 9.56. The van der Waals surface area contributed by atoms with Gasteiger partial charge in [-0.2, -0.15) is 0 Å². The molecule has 0 saturated carbocycles. The molecule has 12 heavy (non-hydrogen) atoms. The van der Waals surface area contributed by atoms with Crippen molar-refractivity contribution in [2.45, 2.75) is 38.9 Å². The molecule has 0 aromatic rings. The molecule has 69 valence electrons. The fourth-order valence-corrected chi connectivity index (χ4v) is 1.26. The second kappa shape index (κ2) is 6.05. The van der Waals surface area contributed by atoms with Gasteiger partial charge in [-0.15, -0.1) is 11.8 Å². The summed E-state index contributed by atoms with van der Waals surface area (Å²) in [5.74, 6) is 5.09. The first-order valence-corrected chi connectivity index (χ1v) is 4.24. The van der Waals surface area contributed by atoms with Crippen LogP contribution in [0.5, 0.6) is 0 Å². The number of aliphatic hydroxyl groups is 2. The van der Waals surface area contributed by atoms with Gasteiger partial charge in [0.1, 0.15) is 0 Å². The minimum Gasteiger partial charge on any atom is -0.393 e. The summed E-state index contributed by atoms with van der Waals surface area (Å²) < 4.78 is 0. The molecule has 0 amide bonds. The second-order valence-corrected chi connectivity index (χ2v) is 2.94. The third kappa shape index (κ3) is 3.75. The lowest BCUT2D eigenvalue weighted by Crippen LogP contribution is -2.28. The van der Waals surface area contributed by atoms with E-state index in [-0.39, 0.29) is 5.92 Å². The molecule has 3 unspecified atom stereocenters. The van der Waals surface area contributed by atoms with Crippen LogP contribution >= 0.6 is 0 Å². The van der Waals surface area contributed by atoms with Crippen molar-refractivity contribution in [1.29, 1.82) is 0 Å². The molecular weight excluding hydrogens is 152 g/mol. The molecule has 2 nitrogen and oxygen atoms in total. The van der Waals surface area contributed by atoms with Gasteiger partial charge in [-0.3, -0.25) is 0 Å². The van der Waals surface area contributed by atoms with Gasteiger partial charge in [-0.25, -0.2) is 0 Å². The Balaban J connectivity index is 3.99. The van der Waals surface area contributed by atoms with E-state index in [2.05, 4.69) is 18.8 Å². The van der Waals surface area contributed by atoms with Crippen molar-refractivity contribution in [3.63, 3.8) is 0 Å². The van der Waals surface area contributed by atoms with E-state index in [4.69, 9.17) is 0 Å². The summed E-state index contributed by atoms with van der Waals surface area (Å²) >= 11 is 0. The quantitative estimate of drug-likeness (QED) is 0.616. The summed E-state index contributed by atoms with van der Waals surface area (Å²) in [5, 5.41) is 18.8. The number of rotatable bonds is 4. The van der Waals surface area contributed by atoms with Crippen molar-refractivity contribution >= 4 is 0 Å². The van der Waals surface area contributed by atoms with E-state index < -0.39 is 12.2 Å². The van der Waals surface area contributed by atoms with E-state index in [9.17, 15) is 10.2 Å². The van der Waals surface area contributed by atoms with Crippen LogP contribution in [0.25, 0.3) is 0 Å². The smallest absolute Gasteiger partial charge is 0.0701 e. The van der Waals surface area contributed by atoms with Crippen molar-refractivity contribution in [2.75, 3.05) is 0 Å². The minimum atomic E-state index is -0.538. The number of aliphatic hydroxyl groups excluding tert-OH is 2. The predicted molar refractivity (Wildman–Crippen MR) is 49.2 cm³/mol. The van der Waals surface area contributed by atoms with Gasteiger partial charge in [0.15, 0.2) is 0 Å². The Morgan fingerprint density at radius 3 is 2.33 bits per heavy atom. The van der Waals surface area contributed by atoms with Crippen LogP contribution in [-0.4, -0.2) is 22.4 Å². The van der Waals surface area contributed by atoms with Gasteiger partial charge in [0, 0.05) is 19.3 Å². The summed E-state index contributed by atoms with van der Waals surface area (Å²) in [6, 6.07) is 0. The molecule has 0 bridgehead atoms. The number of hydrogen-bond acceptors (Lipinski definition) is 2. The lowest BCUT2D eigenvalue weighted by Gasteiger charge is -2.22. The van der Waals surface area contributed by atoms with E-state index in [1.807, 2.05) is 6.92 Å². The van der Waals surface area contributed by atoms with Crippen LogP contribution in [0.2, 0.25) is 0 Å². The standard InChI is InChI=1S/C10H17O2/c1-4-6-7-10(12)9(5-2)8(3)11/h8-12H,1,5,7H2,2-3H3. The normalized spacial score (nSPS) is 17.4. The van der Waals surface area contributed by atoms with Crippen LogP contribution in [0.15, 0.2) is 0 Å². The molecule has 2 N–H and O–H groups in total. The molecule has 0 saturated heterocycles. The monoisotopic (exact) mass is 169 g/mol. The average Bonchev–Trinajstić information content (AvgIpc) is 2.01. The minimum absolute atomic E-state index is 0.0779. The van der Waals surface area contributed by atoms with Crippen molar-refractivity contribution in [3.8, 4) is 11.8 Å². The zero-order valence-electron chi connectivity index (χ0n) is 7.75. The maximum atomic E-state index is 9.52. The van der Waals surface area contributed by atoms with E-state index in [0.717, 1.165) is 6.42 Å². The first-order valence-electron chi connectivity index (χ1n) is 4.24. The maximum Gasteiger partial charge on any atom is 0.0701 e. The molecule has 3 atom stereocenters. The highest BCUT2D eigenvalue weighted by Gasteiger charge is 2.20. The Bertz CT molecular complexity index is 164. The Labute approximate surface area is 74.6 Å². The lowest BCUT2D eigenvalue weighted by molar-refractivity contribution is 0.0227. The van der Waals surface area contributed by atoms with Crippen molar-refractivity contribution < 1.29 is 10.2 Å². The Hall–Kier alpha value is -0.520. The van der Waals surface area contributed by atoms with E-state index in [1.165, 1.54) is 0 Å². The summed E-state index contributed by atoms with van der Waals surface area (Å²) in [5.41, 5.74) is 0. The summed E-state index contributed by atoms with van der Waals surface area (Å²) in [7, 11) is 0. The molecule has 0 aromatic carbocycles. The highest BCUT2D eigenvalue weighted by molar-refractivity contribution is 5.03. The molecule has 1 radical (unpaired) electrons. The molecule has 0 spiro atoms. The Kier molecular flexibility index (Phi) is 5.79. The molecule has 0 heterocycles. The van der Waals surface area contributed by atoms with Gasteiger partial charge in [0.05, 0.1) is 12.2 Å². The van der Waals surface area contributed by atoms with Crippen LogP contribution in [0.4, 0.5) is 0 Å². The van der Waals surface area contributed by atoms with Crippen LogP contribution in [-0.2, 0) is 0 Å². The molecule has 0 aliphatic heterocycles. The second-order valence-electron chi connectivity index (χ2n) is 2.94. The molecule has 0 rings (SSSR count). The van der Waals surface area contributed by atoms with E-state index in [1.54, 1.807) is 6.92 Å². The third-order valence-electron chi connectivity index (χ3n) is 2.02. The Morgan fingerprint density at radius 1 is 1.42 bits per heavy atom. The Morgan fingerprint density at radius 2 is 2.00 bits per heavy atom. The first kappa shape index (κ1) is 11.5. The maximum absolute atomic E-state index is 9.52. The molecule has 0 fully saturated rings. The third-order valence-corrected chi connectivity index (χ3v) is 2.02. The van der Waals surface area contributed by atoms with Crippen LogP contribution in [0.1, 0.15) is 26.7 Å². The van der Waals surface area contributed by atoms with Gasteiger partial charge in [-0.1, -0.05) is 6.92 Å². The van der Waals surface area contributed by atoms with Crippen molar-refractivity contribution in [3.05, 3.63) is 6.92 Å². The zero-order valence-corrected chi connectivity index (χ0v) is 7.75. The van der Waals surface area contributed by atoms with Crippen molar-refractivity contribution in [1.82, 2.24) is 0 Å². The molecular formula is C10H17O2. The summed E-state index contributed by atoms with van der Waals surface area (Å²) in [6.45, 7) is 6.99. The van der Waals surface area contributed by atoms with Gasteiger partial charge in [-0.05, 0) is 13.3 Å². The predicted octanol–water partition coefficient (Wildman–Crippen LogP) is 0.982. The first-order chi connectivity index (χ1) is 5.63. The molecule has 2 heteroatoms. The van der Waals surface area contributed by atoms with Gasteiger partial charge >= 0.3 is 0 Å². The van der Waals surface area contributed by atoms with Gasteiger partial charge in [0.2, 0.25) is 0 Å². The van der Waals surface area contributed by atoms with Crippen LogP contribution < -0.4 is 0 Å². The molecule has 0 aliphatic rings. The van der Waals surface area contributed by atoms with Crippen LogP contribution in [0.3, 0.4) is 0 Å². The fraction of sp³-hybridized carbons (Fsp3) is 0.700. The number of hydrogen-bond donors (Lipinski definition) is 2. The average molecular weight is 169 g/mol. The molecule has 0 aliphatic carbocycles. The lowest BCUT2D eigenvalue weighted by atomic mass is 9.92. The van der Waals surface area contributed by atoms with E-state index >= 15 is 0 Å². The van der Waals surface area contributed by atoms with E-state index in [0.29, 0.717) is 6.42 Å². The van der Waals surface area contributed by atoms with Crippen molar-refractivity contribution in [2.24, 2.45) is 5.92 Å². The highest BCUT2D eigenvalue weighted by atomic mass is 16.3. The SMILES string of the molecule is [CH2]C#CCC(O)C(CC)C(C)O. The highest BCUT2D eigenvalue weighted by Crippen LogP contribution is 2.15. The van der Waals surface area contributed by atoms with Gasteiger partial charge in [0.25, 0.3) is 0 Å².